The fraction of sp³-hybridized carbons (Fsp3) is 0.909. The second-order valence-corrected chi connectivity index (χ2v) is 4.06. The summed E-state index contributed by atoms with van der Waals surface area (Å²) in [5.41, 5.74) is 0. The molecule has 1 atom stereocenters. The van der Waals surface area contributed by atoms with Crippen LogP contribution in [-0.4, -0.2) is 38.8 Å². The van der Waals surface area contributed by atoms with Crippen LogP contribution >= 0.6 is 12.4 Å². The number of unbranched alkanes of at least 4 members (excludes halogenated alkanes) is 1. The minimum atomic E-state index is 0. The largest absolute Gasteiger partial charge is 0.385 e. The Morgan fingerprint density at radius 2 is 2.31 bits per heavy atom. The van der Waals surface area contributed by atoms with Crippen LogP contribution in [0.5, 0.6) is 0 Å². The third-order valence-electron chi connectivity index (χ3n) is 2.66. The van der Waals surface area contributed by atoms with Crippen molar-refractivity contribution in [2.75, 3.05) is 26.8 Å². The Kier molecular flexibility index (Phi) is 9.68. The molecule has 96 valence electrons. The number of amides is 1. The summed E-state index contributed by atoms with van der Waals surface area (Å²) in [6, 6.07) is 0.341. The average Bonchev–Trinajstić information content (AvgIpc) is 2.26. The quantitative estimate of drug-likeness (QED) is 0.694. The molecular formula is C11H23ClN2O2. The van der Waals surface area contributed by atoms with Crippen LogP contribution < -0.4 is 10.6 Å². The third-order valence-corrected chi connectivity index (χ3v) is 2.66. The van der Waals surface area contributed by atoms with E-state index in [9.17, 15) is 4.79 Å². The average molecular weight is 251 g/mol. The monoisotopic (exact) mass is 250 g/mol. The summed E-state index contributed by atoms with van der Waals surface area (Å²) in [7, 11) is 1.69. The maximum atomic E-state index is 11.5. The number of nitrogens with one attached hydrogen (secondary N) is 2. The van der Waals surface area contributed by atoms with Crippen LogP contribution in [-0.2, 0) is 9.53 Å². The molecule has 5 heteroatoms. The molecule has 1 saturated heterocycles. The molecule has 1 aliphatic heterocycles. The Morgan fingerprint density at radius 3 is 2.94 bits per heavy atom. The number of methoxy groups -OCH3 is 1. The molecule has 2 N–H and O–H groups in total. The van der Waals surface area contributed by atoms with E-state index in [1.165, 1.54) is 0 Å². The van der Waals surface area contributed by atoms with Crippen molar-refractivity contribution in [1.29, 1.82) is 0 Å². The van der Waals surface area contributed by atoms with E-state index < -0.39 is 0 Å². The molecule has 0 bridgehead atoms. The predicted molar refractivity (Wildman–Crippen MR) is 67.0 cm³/mol. The summed E-state index contributed by atoms with van der Waals surface area (Å²) >= 11 is 0. The predicted octanol–water partition coefficient (Wildman–Crippen LogP) is 1.09. The lowest BCUT2D eigenvalue weighted by Gasteiger charge is -2.23. The number of rotatable bonds is 6. The van der Waals surface area contributed by atoms with Crippen molar-refractivity contribution in [2.45, 2.75) is 38.1 Å². The molecule has 4 nitrogen and oxygen atoms in total. The molecule has 0 aromatic carbocycles. The summed E-state index contributed by atoms with van der Waals surface area (Å²) in [4.78, 5) is 11.5. The first-order chi connectivity index (χ1) is 7.33. The Balaban J connectivity index is 0.00000225. The number of piperidine rings is 1. The smallest absolute Gasteiger partial charge is 0.220 e. The van der Waals surface area contributed by atoms with Crippen molar-refractivity contribution in [2.24, 2.45) is 0 Å². The van der Waals surface area contributed by atoms with Gasteiger partial charge in [0.15, 0.2) is 0 Å². The highest BCUT2D eigenvalue weighted by molar-refractivity contribution is 5.85. The number of ether oxygens (including phenoxy) is 1. The molecule has 1 unspecified atom stereocenters. The molecule has 1 heterocycles. The zero-order valence-electron chi connectivity index (χ0n) is 9.96. The van der Waals surface area contributed by atoms with E-state index in [-0.39, 0.29) is 18.3 Å². The van der Waals surface area contributed by atoms with Gasteiger partial charge in [0.05, 0.1) is 0 Å². The first-order valence-electron chi connectivity index (χ1n) is 5.82. The zero-order chi connectivity index (χ0) is 10.9. The van der Waals surface area contributed by atoms with E-state index in [2.05, 4.69) is 10.6 Å². The Bertz CT molecular complexity index is 185. The van der Waals surface area contributed by atoms with Crippen LogP contribution in [0.4, 0.5) is 0 Å². The van der Waals surface area contributed by atoms with Crippen LogP contribution in [0.15, 0.2) is 0 Å². The third kappa shape index (κ3) is 7.04. The van der Waals surface area contributed by atoms with Gasteiger partial charge in [-0.05, 0) is 32.2 Å². The lowest BCUT2D eigenvalue weighted by Crippen LogP contribution is -2.45. The number of carbonyl (C=O) groups excluding carboxylic acids is 1. The van der Waals surface area contributed by atoms with Crippen molar-refractivity contribution in [1.82, 2.24) is 10.6 Å². The van der Waals surface area contributed by atoms with Gasteiger partial charge in [0.25, 0.3) is 0 Å². The first-order valence-corrected chi connectivity index (χ1v) is 5.82. The second-order valence-electron chi connectivity index (χ2n) is 4.06. The molecule has 1 aliphatic rings. The summed E-state index contributed by atoms with van der Waals surface area (Å²) in [5.74, 6) is 0.180. The first kappa shape index (κ1) is 15.7. The standard InChI is InChI=1S/C11H22N2O2.ClH/c1-15-8-3-2-6-11(14)13-10-5-4-7-12-9-10;/h10,12H,2-9H2,1H3,(H,13,14);1H. The summed E-state index contributed by atoms with van der Waals surface area (Å²) in [6.45, 7) is 2.75. The van der Waals surface area contributed by atoms with Crippen LogP contribution in [0, 0.1) is 0 Å². The lowest BCUT2D eigenvalue weighted by atomic mass is 10.1. The van der Waals surface area contributed by atoms with Gasteiger partial charge < -0.3 is 15.4 Å². The van der Waals surface area contributed by atoms with Crippen molar-refractivity contribution in [3.8, 4) is 0 Å². The highest BCUT2D eigenvalue weighted by atomic mass is 35.5. The van der Waals surface area contributed by atoms with Crippen molar-refractivity contribution < 1.29 is 9.53 Å². The Labute approximate surface area is 104 Å². The fourth-order valence-electron chi connectivity index (χ4n) is 1.81. The number of hydrogen-bond donors (Lipinski definition) is 2. The van der Waals surface area contributed by atoms with Crippen LogP contribution in [0.25, 0.3) is 0 Å². The van der Waals surface area contributed by atoms with Crippen molar-refractivity contribution in [3.63, 3.8) is 0 Å². The zero-order valence-corrected chi connectivity index (χ0v) is 10.8. The second kappa shape index (κ2) is 9.87. The van der Waals surface area contributed by atoms with Gasteiger partial charge >= 0.3 is 0 Å². The van der Waals surface area contributed by atoms with E-state index in [1.807, 2.05) is 0 Å². The molecule has 0 aliphatic carbocycles. The van der Waals surface area contributed by atoms with Crippen LogP contribution in [0.1, 0.15) is 32.1 Å². The van der Waals surface area contributed by atoms with Crippen molar-refractivity contribution >= 4 is 18.3 Å². The number of carbonyl (C=O) groups is 1. The lowest BCUT2D eigenvalue weighted by molar-refractivity contribution is -0.122. The van der Waals surface area contributed by atoms with E-state index >= 15 is 0 Å². The topological polar surface area (TPSA) is 50.4 Å². The molecular weight excluding hydrogens is 228 g/mol. The summed E-state index contributed by atoms with van der Waals surface area (Å²) in [6.07, 6.45) is 4.78. The molecule has 1 rings (SSSR count). The Hall–Kier alpha value is -0.320. The van der Waals surface area contributed by atoms with E-state index in [4.69, 9.17) is 4.74 Å². The molecule has 0 saturated carbocycles. The minimum absolute atomic E-state index is 0. The summed E-state index contributed by atoms with van der Waals surface area (Å²) in [5, 5.41) is 6.34. The maximum absolute atomic E-state index is 11.5. The van der Waals surface area contributed by atoms with Gasteiger partial charge in [0.2, 0.25) is 5.91 Å². The van der Waals surface area contributed by atoms with Crippen LogP contribution in [0.2, 0.25) is 0 Å². The molecule has 0 aromatic heterocycles. The molecule has 0 radical (unpaired) electrons. The fourth-order valence-corrected chi connectivity index (χ4v) is 1.81. The van der Waals surface area contributed by atoms with Gasteiger partial charge in [0, 0.05) is 32.7 Å². The number of halogens is 1. The Morgan fingerprint density at radius 1 is 1.50 bits per heavy atom. The van der Waals surface area contributed by atoms with Crippen LogP contribution in [0.3, 0.4) is 0 Å². The highest BCUT2D eigenvalue weighted by Gasteiger charge is 2.14. The van der Waals surface area contributed by atoms with Gasteiger partial charge in [-0.15, -0.1) is 12.4 Å². The molecule has 0 spiro atoms. The molecule has 16 heavy (non-hydrogen) atoms. The van der Waals surface area contributed by atoms with Crippen molar-refractivity contribution in [3.05, 3.63) is 0 Å². The number of hydrogen-bond acceptors (Lipinski definition) is 3. The van der Waals surface area contributed by atoms with E-state index in [0.717, 1.165) is 45.4 Å². The van der Waals surface area contributed by atoms with E-state index in [0.29, 0.717) is 12.5 Å². The SMILES string of the molecule is COCCCCC(=O)NC1CCCNC1.Cl. The van der Waals surface area contributed by atoms with Gasteiger partial charge in [0.1, 0.15) is 0 Å². The summed E-state index contributed by atoms with van der Waals surface area (Å²) < 4.78 is 4.93. The maximum Gasteiger partial charge on any atom is 0.220 e. The molecule has 0 aromatic rings. The van der Waals surface area contributed by atoms with Gasteiger partial charge in [-0.1, -0.05) is 0 Å². The normalized spacial score (nSPS) is 19.9. The minimum Gasteiger partial charge on any atom is -0.385 e. The molecule has 1 amide bonds. The molecule has 1 fully saturated rings. The van der Waals surface area contributed by atoms with E-state index in [1.54, 1.807) is 7.11 Å². The van der Waals surface area contributed by atoms with Gasteiger partial charge in [-0.25, -0.2) is 0 Å². The highest BCUT2D eigenvalue weighted by Crippen LogP contribution is 2.02. The van der Waals surface area contributed by atoms with Gasteiger partial charge in [-0.3, -0.25) is 4.79 Å². The van der Waals surface area contributed by atoms with Gasteiger partial charge in [-0.2, -0.15) is 0 Å².